The lowest BCUT2D eigenvalue weighted by Gasteiger charge is -2.33. The van der Waals surface area contributed by atoms with Gasteiger partial charge in [-0.1, -0.05) is 19.3 Å². The Morgan fingerprint density at radius 3 is 2.69 bits per heavy atom. The van der Waals surface area contributed by atoms with Gasteiger partial charge in [-0.05, 0) is 62.9 Å². The summed E-state index contributed by atoms with van der Waals surface area (Å²) in [6, 6.07) is 9.37. The Bertz CT molecular complexity index is 1210. The minimum Gasteiger partial charge on any atom is -0.396 e. The second kappa shape index (κ2) is 12.3. The molecule has 1 saturated carbocycles. The molecule has 2 aromatic rings. The lowest BCUT2D eigenvalue weighted by molar-refractivity contribution is 0.170. The molecule has 10 heteroatoms. The number of nitrogens with zero attached hydrogens (tertiary/aromatic N) is 3. The van der Waals surface area contributed by atoms with Crippen molar-refractivity contribution in [3.63, 3.8) is 0 Å². The van der Waals surface area contributed by atoms with Gasteiger partial charge in [-0.15, -0.1) is 0 Å². The number of nitrogens with two attached hydrogens (primary N) is 1. The highest BCUT2D eigenvalue weighted by Gasteiger charge is 2.37. The van der Waals surface area contributed by atoms with Crippen LogP contribution in [0.4, 0.5) is 11.4 Å². The molecule has 194 valence electrons. The van der Waals surface area contributed by atoms with Gasteiger partial charge < -0.3 is 21.1 Å². The van der Waals surface area contributed by atoms with Crippen molar-refractivity contribution in [3.05, 3.63) is 51.9 Å². The molecule has 0 radical (unpaired) electrons. The molecule has 1 aromatic heterocycles. The monoisotopic (exact) mass is 512 g/mol. The maximum atomic E-state index is 13.0. The van der Waals surface area contributed by atoms with E-state index >= 15 is 0 Å². The molecule has 0 bridgehead atoms. The van der Waals surface area contributed by atoms with E-state index in [-0.39, 0.29) is 18.0 Å². The van der Waals surface area contributed by atoms with E-state index in [0.717, 1.165) is 23.3 Å². The summed E-state index contributed by atoms with van der Waals surface area (Å²) < 4.78 is 14.9. The van der Waals surface area contributed by atoms with Gasteiger partial charge in [-0.25, -0.2) is 13.5 Å². The third-order valence-corrected chi connectivity index (χ3v) is 8.37. The summed E-state index contributed by atoms with van der Waals surface area (Å²) in [5.41, 5.74) is 8.21. The van der Waals surface area contributed by atoms with Gasteiger partial charge in [0, 0.05) is 37.9 Å². The molecule has 5 N–H and O–H groups in total. The van der Waals surface area contributed by atoms with Gasteiger partial charge >= 0.3 is 0 Å². The summed E-state index contributed by atoms with van der Waals surface area (Å²) in [6.45, 7) is 5.92. The number of aromatic amines is 1. The molecule has 1 unspecified atom stereocenters. The van der Waals surface area contributed by atoms with E-state index < -0.39 is 16.5 Å². The Kier molecular flexibility index (Phi) is 9.43. The number of hydrogen-bond acceptors (Lipinski definition) is 6. The number of aromatic nitrogens is 1. The van der Waals surface area contributed by atoms with Crippen LogP contribution < -0.4 is 16.6 Å². The smallest absolute Gasteiger partial charge is 0.261 e. The fourth-order valence-electron chi connectivity index (χ4n) is 4.61. The highest BCUT2D eigenvalue weighted by Crippen LogP contribution is 2.36. The van der Waals surface area contributed by atoms with Crippen LogP contribution in [-0.2, 0) is 17.5 Å². The largest absolute Gasteiger partial charge is 0.396 e. The first-order valence-corrected chi connectivity index (χ1v) is 13.4. The fourth-order valence-corrected chi connectivity index (χ4v) is 6.18. The predicted octanol–water partition coefficient (Wildman–Crippen LogP) is 3.69. The third-order valence-electron chi connectivity index (χ3n) is 6.58. The second-order valence-electron chi connectivity index (χ2n) is 9.66. The molecular weight excluding hydrogens is 476 g/mol. The average molecular weight is 513 g/mol. The summed E-state index contributed by atoms with van der Waals surface area (Å²) in [5, 5.41) is 20.2. The maximum Gasteiger partial charge on any atom is 0.261 e. The van der Waals surface area contributed by atoms with Crippen LogP contribution >= 0.6 is 0 Å². The van der Waals surface area contributed by atoms with Gasteiger partial charge in [0.25, 0.3) is 5.56 Å². The summed E-state index contributed by atoms with van der Waals surface area (Å²) in [5.74, 6) is 0.145. The topological polar surface area (TPSA) is 148 Å². The van der Waals surface area contributed by atoms with E-state index in [4.69, 9.17) is 11.0 Å². The molecule has 1 aliphatic carbocycles. The number of aliphatic imine (C=N–C) groups is 1. The summed E-state index contributed by atoms with van der Waals surface area (Å²) in [4.78, 5) is 20.6. The average Bonchev–Trinajstić information content (AvgIpc) is 3.17. The Hall–Kier alpha value is -3.00. The maximum absolute atomic E-state index is 13.0. The van der Waals surface area contributed by atoms with Gasteiger partial charge in [-0.3, -0.25) is 4.79 Å². The molecule has 36 heavy (non-hydrogen) atoms. The van der Waals surface area contributed by atoms with Crippen LogP contribution in [0.1, 0.15) is 70.4 Å². The minimum absolute atomic E-state index is 0.0337. The number of aliphatic hydroxyl groups is 1. The Labute approximate surface area is 215 Å². The lowest BCUT2D eigenvalue weighted by atomic mass is 9.95. The van der Waals surface area contributed by atoms with E-state index in [1.165, 1.54) is 26.2 Å². The molecule has 1 atom stereocenters. The van der Waals surface area contributed by atoms with Crippen molar-refractivity contribution in [1.82, 2.24) is 9.29 Å². The number of rotatable bonds is 7. The van der Waals surface area contributed by atoms with Gasteiger partial charge in [-0.2, -0.15) is 5.26 Å². The van der Waals surface area contributed by atoms with Gasteiger partial charge in [0.05, 0.1) is 22.3 Å². The number of nitrogens with one attached hydrogen (secondary N) is 2. The number of aliphatic hydroxyl groups excluding tert-OH is 1. The predicted molar refractivity (Wildman–Crippen MR) is 143 cm³/mol. The molecule has 0 spiro atoms. The SMILES string of the molecule is CC#N.CC(C)(CCO)N1Cc2cc(N=C(N)c3c(NC4CCCCC4)cc[nH]c3=O)ccc2S1=O. The first kappa shape index (κ1) is 27.6. The highest BCUT2D eigenvalue weighted by molar-refractivity contribution is 7.83. The standard InChI is InChI=1S/C24H33N5O3S.C2H3N/c1-24(2,11-13-30)29-15-16-14-18(8-9-20(16)33(29)32)28-22(25)21-19(10-12-26-23(21)31)27-17-6-4-3-5-7-17;1-2-3/h8-10,12,14,17,30H,3-7,11,13,15H2,1-2H3,(H2,25,28)(H2,26,27,31);1H3. The van der Waals surface area contributed by atoms with Crippen LogP contribution in [0.2, 0.25) is 0 Å². The molecule has 1 aliphatic heterocycles. The summed E-state index contributed by atoms with van der Waals surface area (Å²) in [6.07, 6.45) is 7.92. The first-order chi connectivity index (χ1) is 17.2. The number of benzene rings is 1. The highest BCUT2D eigenvalue weighted by atomic mass is 32.2. The van der Waals surface area contributed by atoms with Crippen molar-refractivity contribution in [3.8, 4) is 6.07 Å². The van der Waals surface area contributed by atoms with Crippen molar-refractivity contribution in [1.29, 1.82) is 5.26 Å². The molecule has 1 fully saturated rings. The first-order valence-electron chi connectivity index (χ1n) is 12.3. The Balaban J connectivity index is 0.00000115. The summed E-state index contributed by atoms with van der Waals surface area (Å²) in [7, 11) is -1.30. The zero-order valence-corrected chi connectivity index (χ0v) is 22.0. The van der Waals surface area contributed by atoms with Crippen molar-refractivity contribution >= 4 is 28.2 Å². The number of fused-ring (bicyclic) bond motifs is 1. The zero-order chi connectivity index (χ0) is 26.3. The van der Waals surface area contributed by atoms with Crippen LogP contribution in [0.5, 0.6) is 0 Å². The molecule has 0 saturated heterocycles. The van der Waals surface area contributed by atoms with E-state index in [0.29, 0.717) is 35.9 Å². The van der Waals surface area contributed by atoms with Crippen LogP contribution in [0.25, 0.3) is 0 Å². The van der Waals surface area contributed by atoms with Crippen LogP contribution in [0.15, 0.2) is 45.1 Å². The van der Waals surface area contributed by atoms with Crippen LogP contribution in [0.3, 0.4) is 0 Å². The quantitative estimate of drug-likeness (QED) is 0.329. The minimum atomic E-state index is -1.30. The fraction of sp³-hybridized carbons (Fsp3) is 0.500. The van der Waals surface area contributed by atoms with Crippen molar-refractivity contribution in [2.75, 3.05) is 11.9 Å². The number of amidine groups is 1. The normalized spacial score (nSPS) is 18.6. The number of pyridine rings is 1. The third kappa shape index (κ3) is 6.40. The van der Waals surface area contributed by atoms with E-state index in [2.05, 4.69) is 15.3 Å². The van der Waals surface area contributed by atoms with Gasteiger partial charge in [0.1, 0.15) is 22.4 Å². The number of hydrogen-bond donors (Lipinski definition) is 4. The number of anilines is 1. The van der Waals surface area contributed by atoms with Gasteiger partial charge in [0.15, 0.2) is 0 Å². The molecule has 2 heterocycles. The molecule has 2 aliphatic rings. The van der Waals surface area contributed by atoms with Crippen LogP contribution in [0, 0.1) is 11.3 Å². The van der Waals surface area contributed by atoms with E-state index in [9.17, 15) is 14.1 Å². The zero-order valence-electron chi connectivity index (χ0n) is 21.2. The van der Waals surface area contributed by atoms with Crippen molar-refractivity contribution in [2.45, 2.75) is 82.3 Å². The van der Waals surface area contributed by atoms with E-state index in [1.807, 2.05) is 36.4 Å². The molecule has 1 aromatic carbocycles. The lowest BCUT2D eigenvalue weighted by Crippen LogP contribution is -2.42. The van der Waals surface area contributed by atoms with Crippen molar-refractivity contribution in [2.24, 2.45) is 10.7 Å². The molecule has 9 nitrogen and oxygen atoms in total. The molecular formula is C26H36N6O3S. The Morgan fingerprint density at radius 2 is 2.03 bits per heavy atom. The van der Waals surface area contributed by atoms with Gasteiger partial charge in [0.2, 0.25) is 0 Å². The van der Waals surface area contributed by atoms with Crippen LogP contribution in [-0.4, -0.2) is 42.6 Å². The Morgan fingerprint density at radius 1 is 1.33 bits per heavy atom. The van der Waals surface area contributed by atoms with E-state index in [1.54, 1.807) is 18.3 Å². The number of H-pyrrole nitrogens is 1. The second-order valence-corrected chi connectivity index (χ2v) is 11.0. The number of nitriles is 1. The van der Waals surface area contributed by atoms with Crippen molar-refractivity contribution < 1.29 is 9.32 Å². The molecule has 4 rings (SSSR count). The summed E-state index contributed by atoms with van der Waals surface area (Å²) >= 11 is 0. The molecule has 0 amide bonds.